The molecule has 0 aromatic heterocycles. The van der Waals surface area contributed by atoms with Crippen LogP contribution in [0.1, 0.15) is 23.2 Å². The SMILES string of the molecule is NCC1CCN(c2cc(Cl)ccc2C(N)=O)CC1. The highest BCUT2D eigenvalue weighted by Gasteiger charge is 2.21. The van der Waals surface area contributed by atoms with E-state index < -0.39 is 5.91 Å². The maximum absolute atomic E-state index is 11.4. The van der Waals surface area contributed by atoms with E-state index in [0.717, 1.165) is 38.2 Å². The van der Waals surface area contributed by atoms with Crippen LogP contribution in [0.25, 0.3) is 0 Å². The van der Waals surface area contributed by atoms with Crippen molar-refractivity contribution in [2.75, 3.05) is 24.5 Å². The van der Waals surface area contributed by atoms with Crippen molar-refractivity contribution in [2.45, 2.75) is 12.8 Å². The number of halogens is 1. The third-order valence-corrected chi connectivity index (χ3v) is 3.75. The Kier molecular flexibility index (Phi) is 4.09. The summed E-state index contributed by atoms with van der Waals surface area (Å²) in [7, 11) is 0. The average Bonchev–Trinajstić information content (AvgIpc) is 2.38. The molecule has 18 heavy (non-hydrogen) atoms. The van der Waals surface area contributed by atoms with Gasteiger partial charge in [0.05, 0.1) is 11.3 Å². The summed E-state index contributed by atoms with van der Waals surface area (Å²) < 4.78 is 0. The zero-order valence-electron chi connectivity index (χ0n) is 10.2. The van der Waals surface area contributed by atoms with Crippen LogP contribution in [0.5, 0.6) is 0 Å². The molecule has 1 aromatic carbocycles. The molecule has 1 aromatic rings. The minimum atomic E-state index is -0.414. The Labute approximate surface area is 112 Å². The number of primary amides is 1. The molecule has 1 fully saturated rings. The summed E-state index contributed by atoms with van der Waals surface area (Å²) in [6.07, 6.45) is 2.09. The molecule has 0 bridgehead atoms. The summed E-state index contributed by atoms with van der Waals surface area (Å²) in [6.45, 7) is 2.51. The van der Waals surface area contributed by atoms with Crippen molar-refractivity contribution in [3.63, 3.8) is 0 Å². The fourth-order valence-electron chi connectivity index (χ4n) is 2.38. The number of rotatable bonds is 3. The number of anilines is 1. The van der Waals surface area contributed by atoms with Crippen molar-refractivity contribution in [3.05, 3.63) is 28.8 Å². The first-order valence-electron chi connectivity index (χ1n) is 6.16. The van der Waals surface area contributed by atoms with E-state index >= 15 is 0 Å². The molecule has 0 aliphatic carbocycles. The maximum Gasteiger partial charge on any atom is 0.250 e. The van der Waals surface area contributed by atoms with Gasteiger partial charge in [-0.15, -0.1) is 0 Å². The van der Waals surface area contributed by atoms with Crippen molar-refractivity contribution in [1.29, 1.82) is 0 Å². The Morgan fingerprint density at radius 2 is 2.06 bits per heavy atom. The molecule has 0 atom stereocenters. The summed E-state index contributed by atoms with van der Waals surface area (Å²) in [5.74, 6) is 0.167. The molecule has 1 heterocycles. The largest absolute Gasteiger partial charge is 0.371 e. The number of carbonyl (C=O) groups is 1. The van der Waals surface area contributed by atoms with Crippen molar-refractivity contribution in [1.82, 2.24) is 0 Å². The lowest BCUT2D eigenvalue weighted by Crippen LogP contribution is -2.37. The van der Waals surface area contributed by atoms with Crippen LogP contribution in [0.4, 0.5) is 5.69 Å². The second kappa shape index (κ2) is 5.59. The normalized spacial score (nSPS) is 16.9. The molecule has 5 heteroatoms. The molecule has 0 radical (unpaired) electrons. The van der Waals surface area contributed by atoms with Crippen molar-refractivity contribution in [2.24, 2.45) is 17.4 Å². The van der Waals surface area contributed by atoms with E-state index in [1.165, 1.54) is 0 Å². The third kappa shape index (κ3) is 2.76. The number of benzene rings is 1. The van der Waals surface area contributed by atoms with Gasteiger partial charge >= 0.3 is 0 Å². The van der Waals surface area contributed by atoms with Gasteiger partial charge in [0.25, 0.3) is 5.91 Å². The lowest BCUT2D eigenvalue weighted by atomic mass is 9.96. The van der Waals surface area contributed by atoms with Gasteiger partial charge < -0.3 is 16.4 Å². The molecule has 0 unspecified atom stereocenters. The van der Waals surface area contributed by atoms with E-state index in [0.29, 0.717) is 16.5 Å². The molecule has 4 N–H and O–H groups in total. The molecule has 2 rings (SSSR count). The second-order valence-electron chi connectivity index (χ2n) is 4.69. The molecule has 1 aliphatic rings. The van der Waals surface area contributed by atoms with Gasteiger partial charge in [-0.1, -0.05) is 11.6 Å². The lowest BCUT2D eigenvalue weighted by molar-refractivity contribution is 0.100. The van der Waals surface area contributed by atoms with Gasteiger partial charge in [0.2, 0.25) is 0 Å². The van der Waals surface area contributed by atoms with Gasteiger partial charge in [0.15, 0.2) is 0 Å². The smallest absolute Gasteiger partial charge is 0.250 e. The number of hydrogen-bond acceptors (Lipinski definition) is 3. The molecule has 1 amide bonds. The molecular formula is C13H18ClN3O. The lowest BCUT2D eigenvalue weighted by Gasteiger charge is -2.34. The van der Waals surface area contributed by atoms with Gasteiger partial charge in [-0.25, -0.2) is 0 Å². The van der Waals surface area contributed by atoms with Crippen LogP contribution >= 0.6 is 11.6 Å². The Morgan fingerprint density at radius 1 is 1.39 bits per heavy atom. The van der Waals surface area contributed by atoms with Crippen LogP contribution in [0, 0.1) is 5.92 Å². The number of amides is 1. The maximum atomic E-state index is 11.4. The minimum absolute atomic E-state index is 0.414. The Morgan fingerprint density at radius 3 is 2.61 bits per heavy atom. The van der Waals surface area contributed by atoms with Crippen LogP contribution in [0.15, 0.2) is 18.2 Å². The van der Waals surface area contributed by atoms with Crippen LogP contribution in [-0.2, 0) is 0 Å². The first-order valence-corrected chi connectivity index (χ1v) is 6.54. The summed E-state index contributed by atoms with van der Waals surface area (Å²) in [6, 6.07) is 5.19. The minimum Gasteiger partial charge on any atom is -0.371 e. The number of nitrogens with zero attached hydrogens (tertiary/aromatic N) is 1. The van der Waals surface area contributed by atoms with Crippen LogP contribution in [0.3, 0.4) is 0 Å². The van der Waals surface area contributed by atoms with Crippen LogP contribution in [0.2, 0.25) is 5.02 Å². The zero-order valence-corrected chi connectivity index (χ0v) is 11.0. The Bertz CT molecular complexity index is 442. The zero-order chi connectivity index (χ0) is 13.1. The number of hydrogen-bond donors (Lipinski definition) is 2. The Hall–Kier alpha value is -1.26. The molecular weight excluding hydrogens is 250 g/mol. The molecule has 98 valence electrons. The van der Waals surface area contributed by atoms with Gasteiger partial charge in [-0.2, -0.15) is 0 Å². The topological polar surface area (TPSA) is 72.3 Å². The van der Waals surface area contributed by atoms with E-state index in [2.05, 4.69) is 4.90 Å². The first kappa shape index (κ1) is 13.2. The molecule has 1 saturated heterocycles. The molecule has 1 aliphatic heterocycles. The van der Waals surface area contributed by atoms with Crippen LogP contribution in [-0.4, -0.2) is 25.5 Å². The van der Waals surface area contributed by atoms with Crippen molar-refractivity contribution < 1.29 is 4.79 Å². The summed E-state index contributed by atoms with van der Waals surface area (Å²) in [5, 5.41) is 0.621. The van der Waals surface area contributed by atoms with Crippen molar-refractivity contribution >= 4 is 23.2 Å². The number of carbonyl (C=O) groups excluding carboxylic acids is 1. The summed E-state index contributed by atoms with van der Waals surface area (Å²) in [5.41, 5.74) is 12.4. The number of nitrogens with two attached hydrogens (primary N) is 2. The third-order valence-electron chi connectivity index (χ3n) is 3.51. The summed E-state index contributed by atoms with van der Waals surface area (Å²) in [4.78, 5) is 13.6. The second-order valence-corrected chi connectivity index (χ2v) is 5.13. The van der Waals surface area contributed by atoms with E-state index in [4.69, 9.17) is 23.1 Å². The predicted octanol–water partition coefficient (Wildman–Crippen LogP) is 1.61. The number of piperidine rings is 1. The Balaban J connectivity index is 2.22. The van der Waals surface area contributed by atoms with Gasteiger partial charge in [0.1, 0.15) is 0 Å². The highest BCUT2D eigenvalue weighted by molar-refractivity contribution is 6.31. The fourth-order valence-corrected chi connectivity index (χ4v) is 2.55. The van der Waals surface area contributed by atoms with Gasteiger partial charge in [-0.3, -0.25) is 4.79 Å². The van der Waals surface area contributed by atoms with E-state index in [1.807, 2.05) is 6.07 Å². The average molecular weight is 268 g/mol. The van der Waals surface area contributed by atoms with E-state index in [9.17, 15) is 4.79 Å². The van der Waals surface area contributed by atoms with E-state index in [1.54, 1.807) is 12.1 Å². The molecule has 0 spiro atoms. The monoisotopic (exact) mass is 267 g/mol. The molecule has 4 nitrogen and oxygen atoms in total. The highest BCUT2D eigenvalue weighted by atomic mass is 35.5. The summed E-state index contributed by atoms with van der Waals surface area (Å²) >= 11 is 6.00. The highest BCUT2D eigenvalue weighted by Crippen LogP contribution is 2.28. The van der Waals surface area contributed by atoms with Gasteiger partial charge in [-0.05, 0) is 43.5 Å². The van der Waals surface area contributed by atoms with Crippen LogP contribution < -0.4 is 16.4 Å². The van der Waals surface area contributed by atoms with Crippen molar-refractivity contribution in [3.8, 4) is 0 Å². The molecule has 0 saturated carbocycles. The van der Waals surface area contributed by atoms with Gasteiger partial charge in [0, 0.05) is 18.1 Å². The van der Waals surface area contributed by atoms with E-state index in [-0.39, 0.29) is 0 Å². The first-order chi connectivity index (χ1) is 8.61. The quantitative estimate of drug-likeness (QED) is 0.874. The fraction of sp³-hybridized carbons (Fsp3) is 0.462. The standard InChI is InChI=1S/C13H18ClN3O/c14-10-1-2-11(13(16)18)12(7-10)17-5-3-9(8-15)4-6-17/h1-2,7,9H,3-6,8,15H2,(H2,16,18). The predicted molar refractivity (Wildman–Crippen MR) is 74.0 cm³/mol.